The number of nitrogens with zero attached hydrogens (tertiary/aromatic N) is 1. The largest absolute Gasteiger partial charge is 0.441 e. The van der Waals surface area contributed by atoms with Crippen LogP contribution in [0, 0.1) is 6.92 Å². The number of halogens is 1. The molecule has 1 aromatic heterocycles. The van der Waals surface area contributed by atoms with Crippen LogP contribution in [0.2, 0.25) is 5.02 Å². The fourth-order valence-electron chi connectivity index (χ4n) is 2.77. The lowest BCUT2D eigenvalue weighted by molar-refractivity contribution is -0.118. The third-order valence-electron chi connectivity index (χ3n) is 4.49. The summed E-state index contributed by atoms with van der Waals surface area (Å²) in [5, 5.41) is 3.42. The van der Waals surface area contributed by atoms with Gasteiger partial charge in [0.2, 0.25) is 11.8 Å². The molecule has 0 bridgehead atoms. The monoisotopic (exact) mass is 430 g/mol. The minimum Gasteiger partial charge on any atom is -0.441 e. The van der Waals surface area contributed by atoms with Crippen LogP contribution in [0.4, 0.5) is 0 Å². The maximum absolute atomic E-state index is 12.4. The predicted molar refractivity (Wildman–Crippen MR) is 116 cm³/mol. The molecule has 0 aliphatic heterocycles. The van der Waals surface area contributed by atoms with Crippen molar-refractivity contribution >= 4 is 28.3 Å². The molecule has 0 saturated carbocycles. The highest BCUT2D eigenvalue weighted by Crippen LogP contribution is 2.23. The van der Waals surface area contributed by atoms with Gasteiger partial charge in [-0.15, -0.1) is 0 Å². The summed E-state index contributed by atoms with van der Waals surface area (Å²) in [5.41, 5.74) is 3.66. The van der Waals surface area contributed by atoms with Crippen molar-refractivity contribution in [1.82, 2.24) is 10.3 Å². The van der Waals surface area contributed by atoms with Crippen LogP contribution in [0.3, 0.4) is 0 Å². The average molecular weight is 431 g/mol. The average Bonchev–Trinajstić information content (AvgIpc) is 3.07. The molecular weight excluding hydrogens is 408 g/mol. The second-order valence-corrected chi connectivity index (χ2v) is 8.60. The van der Waals surface area contributed by atoms with E-state index in [0.717, 1.165) is 17.5 Å². The molecule has 1 atom stereocenters. The van der Waals surface area contributed by atoms with Crippen LogP contribution in [0.15, 0.2) is 52.9 Å². The summed E-state index contributed by atoms with van der Waals surface area (Å²) < 4.78 is 18.1. The minimum absolute atomic E-state index is 0.0829. The van der Waals surface area contributed by atoms with Crippen molar-refractivity contribution in [1.29, 1.82) is 0 Å². The second-order valence-electron chi connectivity index (χ2n) is 6.70. The van der Waals surface area contributed by atoms with E-state index < -0.39 is 10.8 Å². The van der Waals surface area contributed by atoms with Gasteiger partial charge in [0.1, 0.15) is 11.5 Å². The number of hydrogen-bond acceptors (Lipinski definition) is 4. The highest BCUT2D eigenvalue weighted by atomic mass is 35.5. The molecule has 5 nitrogen and oxygen atoms in total. The van der Waals surface area contributed by atoms with E-state index >= 15 is 0 Å². The quantitative estimate of drug-likeness (QED) is 0.573. The van der Waals surface area contributed by atoms with Gasteiger partial charge >= 0.3 is 0 Å². The first-order chi connectivity index (χ1) is 13.9. The smallest absolute Gasteiger partial charge is 0.232 e. The molecule has 0 spiro atoms. The van der Waals surface area contributed by atoms with Gasteiger partial charge in [-0.05, 0) is 48.7 Å². The molecule has 1 unspecified atom stereocenters. The van der Waals surface area contributed by atoms with Gasteiger partial charge in [0.05, 0.1) is 11.4 Å². The number of carbonyl (C=O) groups excluding carboxylic acids is 1. The Labute approximate surface area is 178 Å². The van der Waals surface area contributed by atoms with E-state index in [0.29, 0.717) is 28.9 Å². The number of oxazole rings is 1. The first kappa shape index (κ1) is 21.3. The minimum atomic E-state index is -1.38. The third kappa shape index (κ3) is 6.02. The Hall–Kier alpha value is -2.44. The Morgan fingerprint density at radius 1 is 1.10 bits per heavy atom. The Morgan fingerprint density at radius 3 is 2.41 bits per heavy atom. The van der Waals surface area contributed by atoms with E-state index in [2.05, 4.69) is 17.2 Å². The van der Waals surface area contributed by atoms with Crippen molar-refractivity contribution in [3.05, 3.63) is 76.1 Å². The lowest BCUT2D eigenvalue weighted by Crippen LogP contribution is -2.28. The highest BCUT2D eigenvalue weighted by Gasteiger charge is 2.16. The molecule has 7 heteroatoms. The summed E-state index contributed by atoms with van der Waals surface area (Å²) in [6, 6.07) is 15.2. The first-order valence-corrected chi connectivity index (χ1v) is 11.2. The molecule has 2 aromatic carbocycles. The zero-order valence-corrected chi connectivity index (χ0v) is 18.0. The van der Waals surface area contributed by atoms with Crippen LogP contribution < -0.4 is 5.32 Å². The van der Waals surface area contributed by atoms with Crippen molar-refractivity contribution in [2.24, 2.45) is 0 Å². The molecule has 1 N–H and O–H groups in total. The fraction of sp³-hybridized carbons (Fsp3) is 0.273. The van der Waals surface area contributed by atoms with E-state index in [4.69, 9.17) is 16.0 Å². The number of aryl methyl sites for hydroxylation is 2. The molecule has 0 saturated heterocycles. The zero-order chi connectivity index (χ0) is 20.8. The van der Waals surface area contributed by atoms with Crippen LogP contribution in [-0.4, -0.2) is 20.9 Å². The molecule has 3 rings (SSSR count). The van der Waals surface area contributed by atoms with Crippen LogP contribution in [0.5, 0.6) is 0 Å². The maximum atomic E-state index is 12.4. The van der Waals surface area contributed by atoms with Gasteiger partial charge in [-0.2, -0.15) is 0 Å². The molecule has 1 amide bonds. The highest BCUT2D eigenvalue weighted by molar-refractivity contribution is 7.84. The van der Waals surface area contributed by atoms with Crippen LogP contribution >= 0.6 is 11.6 Å². The van der Waals surface area contributed by atoms with Crippen LogP contribution in [-0.2, 0) is 34.3 Å². The summed E-state index contributed by atoms with van der Waals surface area (Å²) in [6.07, 6.45) is 0.967. The van der Waals surface area contributed by atoms with Gasteiger partial charge in [-0.3, -0.25) is 9.00 Å². The van der Waals surface area contributed by atoms with Crippen molar-refractivity contribution < 1.29 is 13.4 Å². The van der Waals surface area contributed by atoms with Gasteiger partial charge in [-0.1, -0.05) is 42.8 Å². The molecule has 152 valence electrons. The SMILES string of the molecule is CCc1ccc(-c2nc(CS(=O)CC(=O)NCc3ccc(Cl)cc3)c(C)o2)cc1. The molecule has 0 aliphatic rings. The number of benzene rings is 2. The van der Waals surface area contributed by atoms with Crippen LogP contribution in [0.1, 0.15) is 29.5 Å². The lowest BCUT2D eigenvalue weighted by Gasteiger charge is -2.05. The van der Waals surface area contributed by atoms with Gasteiger partial charge in [0.15, 0.2) is 0 Å². The number of rotatable bonds is 8. The number of amides is 1. The zero-order valence-electron chi connectivity index (χ0n) is 16.4. The van der Waals surface area contributed by atoms with Gasteiger partial charge in [-0.25, -0.2) is 4.98 Å². The molecule has 0 fully saturated rings. The summed E-state index contributed by atoms with van der Waals surface area (Å²) in [7, 11) is -1.38. The Bertz CT molecular complexity index is 998. The maximum Gasteiger partial charge on any atom is 0.232 e. The predicted octanol–water partition coefficient (Wildman–Crippen LogP) is 4.43. The molecule has 29 heavy (non-hydrogen) atoms. The van der Waals surface area contributed by atoms with Crippen LogP contribution in [0.25, 0.3) is 11.5 Å². The molecule has 3 aromatic rings. The van der Waals surface area contributed by atoms with Gasteiger partial charge in [0.25, 0.3) is 0 Å². The van der Waals surface area contributed by atoms with Crippen molar-refractivity contribution in [3.63, 3.8) is 0 Å². The van der Waals surface area contributed by atoms with Crippen molar-refractivity contribution in [3.8, 4) is 11.5 Å². The standard InChI is InChI=1S/C22H23ClN2O3S/c1-3-16-4-8-18(9-5-16)22-25-20(15(2)28-22)13-29(27)14-21(26)24-12-17-6-10-19(23)11-7-17/h4-11H,3,12-14H2,1-2H3,(H,24,26). The number of carbonyl (C=O) groups is 1. The normalized spacial score (nSPS) is 12.0. The Kier molecular flexibility index (Phi) is 7.23. The third-order valence-corrected chi connectivity index (χ3v) is 5.93. The topological polar surface area (TPSA) is 72.2 Å². The number of aromatic nitrogens is 1. The van der Waals surface area contributed by atoms with Crippen molar-refractivity contribution in [2.45, 2.75) is 32.6 Å². The van der Waals surface area contributed by atoms with E-state index in [1.807, 2.05) is 36.4 Å². The van der Waals surface area contributed by atoms with Crippen molar-refractivity contribution in [2.75, 3.05) is 5.75 Å². The fourth-order valence-corrected chi connectivity index (χ4v) is 3.97. The number of nitrogens with one attached hydrogen (secondary N) is 1. The molecule has 0 radical (unpaired) electrons. The summed E-state index contributed by atoms with van der Waals surface area (Å²) in [4.78, 5) is 16.6. The van der Waals surface area contributed by atoms with E-state index in [9.17, 15) is 9.00 Å². The van der Waals surface area contributed by atoms with E-state index in [1.54, 1.807) is 19.1 Å². The summed E-state index contributed by atoms with van der Waals surface area (Å²) in [5.74, 6) is 0.950. The summed E-state index contributed by atoms with van der Waals surface area (Å²) in [6.45, 7) is 4.27. The van der Waals surface area contributed by atoms with E-state index in [-0.39, 0.29) is 17.4 Å². The molecule has 1 heterocycles. The van der Waals surface area contributed by atoms with E-state index in [1.165, 1.54) is 5.56 Å². The van der Waals surface area contributed by atoms with Gasteiger partial charge < -0.3 is 9.73 Å². The van der Waals surface area contributed by atoms with Gasteiger partial charge in [0, 0.05) is 27.9 Å². The first-order valence-electron chi connectivity index (χ1n) is 9.36. The Balaban J connectivity index is 1.55. The number of hydrogen-bond donors (Lipinski definition) is 1. The molecule has 0 aliphatic carbocycles. The molecular formula is C22H23ClN2O3S. The Morgan fingerprint density at radius 2 is 1.76 bits per heavy atom. The summed E-state index contributed by atoms with van der Waals surface area (Å²) >= 11 is 5.85. The second kappa shape index (κ2) is 9.85. The lowest BCUT2D eigenvalue weighted by atomic mass is 10.1.